The SMILES string of the molecule is CC(=CCl)Cn1cnc(CO)c1. The molecule has 0 aromatic carbocycles. The van der Waals surface area contributed by atoms with Crippen LogP contribution in [0.1, 0.15) is 12.6 Å². The average Bonchev–Trinajstić information content (AvgIpc) is 2.52. The Morgan fingerprint density at radius 1 is 1.83 bits per heavy atom. The van der Waals surface area contributed by atoms with Crippen molar-refractivity contribution in [3.8, 4) is 0 Å². The van der Waals surface area contributed by atoms with Crippen LogP contribution in [-0.2, 0) is 13.2 Å². The Morgan fingerprint density at radius 3 is 3.08 bits per heavy atom. The van der Waals surface area contributed by atoms with Crippen LogP contribution in [0.4, 0.5) is 0 Å². The molecule has 12 heavy (non-hydrogen) atoms. The summed E-state index contributed by atoms with van der Waals surface area (Å²) >= 11 is 5.50. The lowest BCUT2D eigenvalue weighted by molar-refractivity contribution is 0.277. The van der Waals surface area contributed by atoms with Gasteiger partial charge in [-0.15, -0.1) is 0 Å². The van der Waals surface area contributed by atoms with E-state index < -0.39 is 0 Å². The van der Waals surface area contributed by atoms with E-state index in [1.54, 1.807) is 18.1 Å². The summed E-state index contributed by atoms with van der Waals surface area (Å²) in [5, 5.41) is 8.73. The topological polar surface area (TPSA) is 38.0 Å². The number of allylic oxidation sites excluding steroid dienone is 1. The molecule has 1 aromatic heterocycles. The molecule has 4 heteroatoms. The maximum Gasteiger partial charge on any atom is 0.0953 e. The fourth-order valence-electron chi connectivity index (χ4n) is 0.897. The van der Waals surface area contributed by atoms with Crippen LogP contribution >= 0.6 is 11.6 Å². The highest BCUT2D eigenvalue weighted by Crippen LogP contribution is 2.02. The second-order valence-electron chi connectivity index (χ2n) is 2.65. The molecule has 0 aliphatic rings. The van der Waals surface area contributed by atoms with Gasteiger partial charge in [-0.05, 0) is 12.5 Å². The van der Waals surface area contributed by atoms with Crippen molar-refractivity contribution in [2.45, 2.75) is 20.1 Å². The van der Waals surface area contributed by atoms with Gasteiger partial charge in [0.25, 0.3) is 0 Å². The third kappa shape index (κ3) is 2.36. The lowest BCUT2D eigenvalue weighted by Crippen LogP contribution is -1.94. The van der Waals surface area contributed by atoms with E-state index in [2.05, 4.69) is 4.98 Å². The normalized spacial score (nSPS) is 12.1. The molecular formula is C8H11ClN2O. The first-order valence-electron chi connectivity index (χ1n) is 3.63. The summed E-state index contributed by atoms with van der Waals surface area (Å²) < 4.78 is 1.87. The number of aliphatic hydroxyl groups excluding tert-OH is 1. The summed E-state index contributed by atoms with van der Waals surface area (Å²) in [5.41, 5.74) is 3.27. The predicted molar refractivity (Wildman–Crippen MR) is 47.8 cm³/mol. The fraction of sp³-hybridized carbons (Fsp3) is 0.375. The molecule has 3 nitrogen and oxygen atoms in total. The Bertz CT molecular complexity index is 280. The van der Waals surface area contributed by atoms with Crippen LogP contribution in [0.25, 0.3) is 0 Å². The number of hydrogen-bond donors (Lipinski definition) is 1. The molecule has 1 rings (SSSR count). The van der Waals surface area contributed by atoms with Crippen molar-refractivity contribution in [2.24, 2.45) is 0 Å². The number of rotatable bonds is 3. The predicted octanol–water partition coefficient (Wildman–Crippen LogP) is 1.52. The molecule has 0 bridgehead atoms. The first-order chi connectivity index (χ1) is 5.76. The molecule has 66 valence electrons. The van der Waals surface area contributed by atoms with Crippen LogP contribution in [-0.4, -0.2) is 14.7 Å². The number of hydrogen-bond acceptors (Lipinski definition) is 2. The van der Waals surface area contributed by atoms with E-state index in [-0.39, 0.29) is 6.61 Å². The van der Waals surface area contributed by atoms with Gasteiger partial charge in [-0.1, -0.05) is 11.6 Å². The molecule has 0 aliphatic heterocycles. The zero-order valence-corrected chi connectivity index (χ0v) is 7.62. The van der Waals surface area contributed by atoms with E-state index in [0.29, 0.717) is 5.69 Å². The largest absolute Gasteiger partial charge is 0.390 e. The average molecular weight is 187 g/mol. The maximum absolute atomic E-state index is 8.73. The van der Waals surface area contributed by atoms with Crippen molar-refractivity contribution >= 4 is 11.6 Å². The van der Waals surface area contributed by atoms with Gasteiger partial charge in [0.15, 0.2) is 0 Å². The number of aromatic nitrogens is 2. The van der Waals surface area contributed by atoms with Crippen LogP contribution in [0, 0.1) is 0 Å². The third-order valence-corrected chi connectivity index (χ3v) is 1.84. The molecule has 0 radical (unpaired) electrons. The van der Waals surface area contributed by atoms with Crippen LogP contribution in [0.5, 0.6) is 0 Å². The van der Waals surface area contributed by atoms with Gasteiger partial charge in [0.1, 0.15) is 0 Å². The van der Waals surface area contributed by atoms with Crippen LogP contribution in [0.15, 0.2) is 23.6 Å². The molecule has 0 aliphatic carbocycles. The van der Waals surface area contributed by atoms with E-state index >= 15 is 0 Å². The van der Waals surface area contributed by atoms with Gasteiger partial charge in [-0.25, -0.2) is 4.98 Å². The Balaban J connectivity index is 2.64. The van der Waals surface area contributed by atoms with Crippen molar-refractivity contribution in [1.82, 2.24) is 9.55 Å². The molecular weight excluding hydrogens is 176 g/mol. The molecule has 0 unspecified atom stereocenters. The summed E-state index contributed by atoms with van der Waals surface area (Å²) in [7, 11) is 0. The Kier molecular flexibility index (Phi) is 3.31. The summed E-state index contributed by atoms with van der Waals surface area (Å²) in [6.07, 6.45) is 3.47. The van der Waals surface area contributed by atoms with E-state index in [9.17, 15) is 0 Å². The first kappa shape index (κ1) is 9.29. The van der Waals surface area contributed by atoms with E-state index in [1.807, 2.05) is 11.5 Å². The van der Waals surface area contributed by atoms with Crippen LogP contribution in [0.2, 0.25) is 0 Å². The Morgan fingerprint density at radius 2 is 2.58 bits per heavy atom. The molecule has 0 atom stereocenters. The quantitative estimate of drug-likeness (QED) is 0.778. The first-order valence-corrected chi connectivity index (χ1v) is 4.07. The minimum Gasteiger partial charge on any atom is -0.390 e. The molecule has 0 saturated carbocycles. The van der Waals surface area contributed by atoms with Gasteiger partial charge in [-0.2, -0.15) is 0 Å². The summed E-state index contributed by atoms with van der Waals surface area (Å²) in [4.78, 5) is 3.96. The summed E-state index contributed by atoms with van der Waals surface area (Å²) in [6, 6.07) is 0. The van der Waals surface area contributed by atoms with Gasteiger partial charge in [-0.3, -0.25) is 0 Å². The minimum atomic E-state index is -0.0172. The summed E-state index contributed by atoms with van der Waals surface area (Å²) in [6.45, 7) is 2.64. The van der Waals surface area contributed by atoms with Crippen molar-refractivity contribution in [3.63, 3.8) is 0 Å². The molecule has 0 spiro atoms. The number of nitrogens with zero attached hydrogens (tertiary/aromatic N) is 2. The molecule has 0 amide bonds. The monoisotopic (exact) mass is 186 g/mol. The molecule has 1 N–H and O–H groups in total. The van der Waals surface area contributed by atoms with Crippen LogP contribution < -0.4 is 0 Å². The molecule has 1 aromatic rings. The van der Waals surface area contributed by atoms with Crippen molar-refractivity contribution in [2.75, 3.05) is 0 Å². The number of halogens is 1. The smallest absolute Gasteiger partial charge is 0.0953 e. The van der Waals surface area contributed by atoms with Gasteiger partial charge in [0, 0.05) is 18.3 Å². The van der Waals surface area contributed by atoms with Gasteiger partial charge in [0.05, 0.1) is 18.6 Å². The second-order valence-corrected chi connectivity index (χ2v) is 2.87. The Labute approximate surface area is 76.3 Å². The van der Waals surface area contributed by atoms with E-state index in [1.165, 1.54) is 0 Å². The number of imidazole rings is 1. The van der Waals surface area contributed by atoms with Crippen LogP contribution in [0.3, 0.4) is 0 Å². The highest BCUT2D eigenvalue weighted by molar-refractivity contribution is 6.25. The highest BCUT2D eigenvalue weighted by Gasteiger charge is 1.96. The maximum atomic E-state index is 8.73. The lowest BCUT2D eigenvalue weighted by atomic mass is 10.3. The second kappa shape index (κ2) is 4.28. The minimum absolute atomic E-state index is 0.0172. The van der Waals surface area contributed by atoms with Gasteiger partial charge >= 0.3 is 0 Å². The summed E-state index contributed by atoms with van der Waals surface area (Å²) in [5.74, 6) is 0. The highest BCUT2D eigenvalue weighted by atomic mass is 35.5. The number of aliphatic hydroxyl groups is 1. The molecule has 0 saturated heterocycles. The lowest BCUT2D eigenvalue weighted by Gasteiger charge is -1.99. The van der Waals surface area contributed by atoms with E-state index in [0.717, 1.165) is 12.1 Å². The van der Waals surface area contributed by atoms with Gasteiger partial charge < -0.3 is 9.67 Å². The Hall–Kier alpha value is -0.800. The zero-order valence-electron chi connectivity index (χ0n) is 6.87. The molecule has 1 heterocycles. The van der Waals surface area contributed by atoms with Crippen molar-refractivity contribution in [1.29, 1.82) is 0 Å². The third-order valence-electron chi connectivity index (χ3n) is 1.47. The van der Waals surface area contributed by atoms with Crippen molar-refractivity contribution < 1.29 is 5.11 Å². The zero-order chi connectivity index (χ0) is 8.97. The fourth-order valence-corrected chi connectivity index (χ4v) is 0.966. The van der Waals surface area contributed by atoms with Gasteiger partial charge in [0.2, 0.25) is 0 Å². The van der Waals surface area contributed by atoms with Crippen molar-refractivity contribution in [3.05, 3.63) is 29.3 Å². The molecule has 0 fully saturated rings. The van der Waals surface area contributed by atoms with E-state index in [4.69, 9.17) is 16.7 Å². The standard InChI is InChI=1S/C8H11ClN2O/c1-7(2-9)3-11-4-8(5-12)10-6-11/h2,4,6,12H,3,5H2,1H3.